The van der Waals surface area contributed by atoms with Crippen LogP contribution in [-0.2, 0) is 26.0 Å². The number of nitrogens with one attached hydrogen (secondary N) is 1. The van der Waals surface area contributed by atoms with Gasteiger partial charge in [0.1, 0.15) is 0 Å². The molecule has 3 rings (SSSR count). The molecule has 0 spiro atoms. The summed E-state index contributed by atoms with van der Waals surface area (Å²) in [6.07, 6.45) is 1.13. The van der Waals surface area contributed by atoms with Gasteiger partial charge in [0.25, 0.3) is 5.91 Å². The van der Waals surface area contributed by atoms with Gasteiger partial charge >= 0.3 is 11.9 Å². The third kappa shape index (κ3) is 6.45. The zero-order valence-corrected chi connectivity index (χ0v) is 20.2. The fourth-order valence-corrected chi connectivity index (χ4v) is 4.18. The Labute approximate surface area is 203 Å². The Bertz CT molecular complexity index is 1300. The molecule has 0 heterocycles. The van der Waals surface area contributed by atoms with Crippen LogP contribution < -0.4 is 9.62 Å². The molecule has 3 aromatic rings. The molecule has 0 radical (unpaired) electrons. The predicted octanol–water partition coefficient (Wildman–Crippen LogP) is 3.48. The highest BCUT2D eigenvalue weighted by molar-refractivity contribution is 7.92. The summed E-state index contributed by atoms with van der Waals surface area (Å²) in [5.74, 6) is -1.84. The molecule has 0 saturated heterocycles. The number of carbonyl (C=O) groups excluding carboxylic acids is 3. The summed E-state index contributed by atoms with van der Waals surface area (Å²) in [5, 5.41) is 2.65. The van der Waals surface area contributed by atoms with Crippen molar-refractivity contribution < 1.29 is 32.3 Å². The van der Waals surface area contributed by atoms with E-state index in [1.165, 1.54) is 36.7 Å². The standard InChI is InChI=1S/C25H24N2O7S/c1-33-24(29)19-13-20(25(30)34-2)15-21(14-19)26-23(28)18-11-9-17(10-12-18)16-27(35(3,31)32)22-7-5-4-6-8-22/h4-15H,16H2,1-3H3,(H,26,28). The van der Waals surface area contributed by atoms with E-state index < -0.39 is 27.9 Å². The number of benzene rings is 3. The maximum atomic E-state index is 12.8. The summed E-state index contributed by atoms with van der Waals surface area (Å²) < 4.78 is 35.3. The Morgan fingerprint density at radius 3 is 1.83 bits per heavy atom. The molecule has 0 saturated carbocycles. The molecule has 0 fully saturated rings. The number of para-hydroxylation sites is 1. The van der Waals surface area contributed by atoms with Crippen LogP contribution in [0.3, 0.4) is 0 Å². The lowest BCUT2D eigenvalue weighted by molar-refractivity contribution is 0.0598. The fourth-order valence-electron chi connectivity index (χ4n) is 3.30. The van der Waals surface area contributed by atoms with Crippen molar-refractivity contribution in [3.63, 3.8) is 0 Å². The van der Waals surface area contributed by atoms with Crippen molar-refractivity contribution in [1.82, 2.24) is 0 Å². The quantitative estimate of drug-likeness (QED) is 0.474. The first-order chi connectivity index (χ1) is 16.6. The maximum Gasteiger partial charge on any atom is 0.337 e. The number of rotatable bonds is 8. The zero-order valence-electron chi connectivity index (χ0n) is 19.3. The average Bonchev–Trinajstić information content (AvgIpc) is 2.86. The highest BCUT2D eigenvalue weighted by atomic mass is 32.2. The number of nitrogens with zero attached hydrogens (tertiary/aromatic N) is 1. The summed E-state index contributed by atoms with van der Waals surface area (Å²) in [7, 11) is -1.12. The van der Waals surface area contributed by atoms with Crippen LogP contribution in [0.4, 0.5) is 11.4 Å². The molecule has 1 amide bonds. The van der Waals surface area contributed by atoms with Crippen LogP contribution in [0, 0.1) is 0 Å². The van der Waals surface area contributed by atoms with Crippen LogP contribution >= 0.6 is 0 Å². The second-order valence-electron chi connectivity index (χ2n) is 7.54. The summed E-state index contributed by atoms with van der Waals surface area (Å²) in [4.78, 5) is 36.7. The summed E-state index contributed by atoms with van der Waals surface area (Å²) in [6, 6.07) is 19.2. The highest BCUT2D eigenvalue weighted by Gasteiger charge is 2.19. The lowest BCUT2D eigenvalue weighted by atomic mass is 10.1. The van der Waals surface area contributed by atoms with E-state index in [-0.39, 0.29) is 23.4 Å². The number of hydrogen-bond donors (Lipinski definition) is 1. The van der Waals surface area contributed by atoms with Crippen LogP contribution in [0.25, 0.3) is 0 Å². The van der Waals surface area contributed by atoms with Gasteiger partial charge in [0.15, 0.2) is 0 Å². The Kier molecular flexibility index (Phi) is 7.87. The van der Waals surface area contributed by atoms with Crippen molar-refractivity contribution in [3.8, 4) is 0 Å². The van der Waals surface area contributed by atoms with Crippen LogP contribution in [0.5, 0.6) is 0 Å². The van der Waals surface area contributed by atoms with E-state index >= 15 is 0 Å². The van der Waals surface area contributed by atoms with Crippen molar-refractivity contribution in [2.45, 2.75) is 6.54 Å². The number of amides is 1. The minimum absolute atomic E-state index is 0.0721. The molecule has 10 heteroatoms. The summed E-state index contributed by atoms with van der Waals surface area (Å²) in [5.41, 5.74) is 1.85. The van der Waals surface area contributed by atoms with Crippen molar-refractivity contribution in [2.24, 2.45) is 0 Å². The van der Waals surface area contributed by atoms with Crippen molar-refractivity contribution in [1.29, 1.82) is 0 Å². The van der Waals surface area contributed by atoms with E-state index in [9.17, 15) is 22.8 Å². The number of sulfonamides is 1. The van der Waals surface area contributed by atoms with E-state index in [2.05, 4.69) is 5.32 Å². The summed E-state index contributed by atoms with van der Waals surface area (Å²) >= 11 is 0. The van der Waals surface area contributed by atoms with Crippen LogP contribution in [0.1, 0.15) is 36.6 Å². The molecule has 3 aromatic carbocycles. The number of methoxy groups -OCH3 is 2. The molecule has 9 nitrogen and oxygen atoms in total. The van der Waals surface area contributed by atoms with Gasteiger partial charge < -0.3 is 14.8 Å². The molecular weight excluding hydrogens is 472 g/mol. The van der Waals surface area contributed by atoms with Crippen LogP contribution in [0.15, 0.2) is 72.8 Å². The molecule has 1 N–H and O–H groups in total. The second kappa shape index (κ2) is 10.8. The Balaban J connectivity index is 1.80. The molecule has 182 valence electrons. The lowest BCUT2D eigenvalue weighted by Gasteiger charge is -2.22. The molecule has 0 aliphatic heterocycles. The first kappa shape index (κ1) is 25.4. The van der Waals surface area contributed by atoms with Crippen LogP contribution in [-0.4, -0.2) is 46.7 Å². The Morgan fingerprint density at radius 1 is 0.800 bits per heavy atom. The Morgan fingerprint density at radius 2 is 1.34 bits per heavy atom. The smallest absolute Gasteiger partial charge is 0.337 e. The van der Waals surface area contributed by atoms with Gasteiger partial charge in [-0.05, 0) is 48.0 Å². The third-order valence-electron chi connectivity index (χ3n) is 5.02. The lowest BCUT2D eigenvalue weighted by Crippen LogP contribution is -2.29. The van der Waals surface area contributed by atoms with Gasteiger partial charge in [0.2, 0.25) is 10.0 Å². The second-order valence-corrected chi connectivity index (χ2v) is 9.45. The molecule has 0 aromatic heterocycles. The number of ether oxygens (including phenoxy) is 2. The van der Waals surface area contributed by atoms with E-state index in [0.29, 0.717) is 16.8 Å². The van der Waals surface area contributed by atoms with Gasteiger partial charge in [-0.3, -0.25) is 9.10 Å². The first-order valence-electron chi connectivity index (χ1n) is 10.4. The predicted molar refractivity (Wildman–Crippen MR) is 131 cm³/mol. The molecule has 0 aliphatic carbocycles. The SMILES string of the molecule is COC(=O)c1cc(NC(=O)c2ccc(CN(c3ccccc3)S(C)(=O)=O)cc2)cc(C(=O)OC)c1. The number of hydrogen-bond acceptors (Lipinski definition) is 7. The van der Waals surface area contributed by atoms with Gasteiger partial charge in [-0.15, -0.1) is 0 Å². The number of carbonyl (C=O) groups is 3. The molecule has 0 aliphatic rings. The third-order valence-corrected chi connectivity index (χ3v) is 6.16. The summed E-state index contributed by atoms with van der Waals surface area (Å²) in [6.45, 7) is 0.0917. The number of anilines is 2. The number of esters is 2. The molecule has 0 unspecified atom stereocenters. The minimum atomic E-state index is -3.53. The van der Waals surface area contributed by atoms with E-state index in [0.717, 1.165) is 6.26 Å². The van der Waals surface area contributed by atoms with E-state index in [1.54, 1.807) is 54.6 Å². The van der Waals surface area contributed by atoms with Gasteiger partial charge in [-0.25, -0.2) is 18.0 Å². The molecular formula is C25H24N2O7S. The largest absolute Gasteiger partial charge is 0.465 e. The van der Waals surface area contributed by atoms with Gasteiger partial charge in [0, 0.05) is 11.3 Å². The van der Waals surface area contributed by atoms with E-state index in [4.69, 9.17) is 9.47 Å². The highest BCUT2D eigenvalue weighted by Crippen LogP contribution is 2.21. The monoisotopic (exact) mass is 496 g/mol. The normalized spacial score (nSPS) is 10.8. The van der Waals surface area contributed by atoms with Gasteiger partial charge in [-0.2, -0.15) is 0 Å². The van der Waals surface area contributed by atoms with Gasteiger partial charge in [0.05, 0.1) is 43.8 Å². The molecule has 0 atom stereocenters. The average molecular weight is 497 g/mol. The first-order valence-corrected chi connectivity index (χ1v) is 12.2. The van der Waals surface area contributed by atoms with Gasteiger partial charge in [-0.1, -0.05) is 30.3 Å². The Hall–Kier alpha value is -4.18. The van der Waals surface area contributed by atoms with Crippen LogP contribution in [0.2, 0.25) is 0 Å². The van der Waals surface area contributed by atoms with E-state index in [1.807, 2.05) is 0 Å². The topological polar surface area (TPSA) is 119 Å². The van der Waals surface area contributed by atoms with Crippen molar-refractivity contribution in [2.75, 3.05) is 30.1 Å². The van der Waals surface area contributed by atoms with Crippen molar-refractivity contribution >= 4 is 39.2 Å². The minimum Gasteiger partial charge on any atom is -0.465 e. The maximum absolute atomic E-state index is 12.8. The van der Waals surface area contributed by atoms with Crippen molar-refractivity contribution in [3.05, 3.63) is 95.1 Å². The molecule has 0 bridgehead atoms. The fraction of sp³-hybridized carbons (Fsp3) is 0.160. The molecule has 35 heavy (non-hydrogen) atoms. The zero-order chi connectivity index (χ0) is 25.6.